The Hall–Kier alpha value is -3.77. The summed E-state index contributed by atoms with van der Waals surface area (Å²) in [5.74, 6) is -0.631. The van der Waals surface area contributed by atoms with Crippen LogP contribution in [0.25, 0.3) is 10.9 Å². The number of benzene rings is 2. The maximum Gasteiger partial charge on any atom is 0.294 e. The fourth-order valence-corrected chi connectivity index (χ4v) is 7.46. The van der Waals surface area contributed by atoms with E-state index < -0.39 is 4.92 Å². The molecule has 0 unspecified atom stereocenters. The van der Waals surface area contributed by atoms with Gasteiger partial charge in [-0.15, -0.1) is 0 Å². The van der Waals surface area contributed by atoms with Gasteiger partial charge in [-0.3, -0.25) is 24.5 Å². The van der Waals surface area contributed by atoms with Crippen molar-refractivity contribution in [1.29, 1.82) is 0 Å². The van der Waals surface area contributed by atoms with Crippen molar-refractivity contribution in [2.24, 2.45) is 5.41 Å². The molecule has 1 aromatic heterocycles. The number of aromatic amines is 1. The minimum Gasteiger partial charge on any atom is -0.381 e. The molecule has 232 valence electrons. The van der Waals surface area contributed by atoms with Crippen molar-refractivity contribution in [3.63, 3.8) is 0 Å². The zero-order chi connectivity index (χ0) is 30.8. The van der Waals surface area contributed by atoms with Gasteiger partial charge in [0.2, 0.25) is 5.56 Å². The second-order valence-corrected chi connectivity index (χ2v) is 13.1. The van der Waals surface area contributed by atoms with Crippen LogP contribution < -0.4 is 16.2 Å². The number of aromatic nitrogens is 1. The zero-order valence-electron chi connectivity index (χ0n) is 24.4. The number of fused-ring (bicyclic) bond motifs is 1. The largest absolute Gasteiger partial charge is 0.381 e. The van der Waals surface area contributed by atoms with Gasteiger partial charge in [0.05, 0.1) is 16.1 Å². The first-order valence-electron chi connectivity index (χ1n) is 15.3. The number of ether oxygens (including phenoxy) is 1. The standard InChI is InChI=1S/C32H36BrN5O6/c33-20-17-23(31(41)37-13-9-32(10-14-37)11-15-44-16-12-32)29(27(18-20)38(42)43)35-25-7-3-4-8-26(25)36-30(40)22-19-28(39)34-24-6-2-1-5-21(22)24/h1-2,5-6,17-19,25-26,35H,3-4,7-16H2,(H,34,39)(H,36,40)/t25-,26+/m1/s1. The molecule has 1 aliphatic carbocycles. The molecular formula is C32H36BrN5O6. The van der Waals surface area contributed by atoms with E-state index >= 15 is 0 Å². The number of nitrogens with zero attached hydrogens (tertiary/aromatic N) is 2. The van der Waals surface area contributed by atoms with Gasteiger partial charge >= 0.3 is 0 Å². The van der Waals surface area contributed by atoms with E-state index in [1.165, 1.54) is 12.1 Å². The molecule has 1 spiro atoms. The highest BCUT2D eigenvalue weighted by Crippen LogP contribution is 2.42. The lowest BCUT2D eigenvalue weighted by Crippen LogP contribution is -2.49. The molecule has 2 aromatic carbocycles. The topological polar surface area (TPSA) is 147 Å². The van der Waals surface area contributed by atoms with Crippen LogP contribution in [0, 0.1) is 15.5 Å². The lowest BCUT2D eigenvalue weighted by Gasteiger charge is -2.44. The predicted molar refractivity (Wildman–Crippen MR) is 170 cm³/mol. The number of amides is 2. The van der Waals surface area contributed by atoms with Crippen molar-refractivity contribution >= 4 is 50.0 Å². The first kappa shape index (κ1) is 30.3. The molecule has 2 saturated heterocycles. The summed E-state index contributed by atoms with van der Waals surface area (Å²) in [6.45, 7) is 2.67. The van der Waals surface area contributed by atoms with Crippen LogP contribution >= 0.6 is 15.9 Å². The van der Waals surface area contributed by atoms with Gasteiger partial charge in [0.15, 0.2) is 0 Å². The molecule has 2 aliphatic heterocycles. The van der Waals surface area contributed by atoms with Crippen LogP contribution in [0.2, 0.25) is 0 Å². The summed E-state index contributed by atoms with van der Waals surface area (Å²) in [5, 5.41) is 19.3. The van der Waals surface area contributed by atoms with Gasteiger partial charge in [0.25, 0.3) is 17.5 Å². The molecule has 3 aromatic rings. The number of para-hydroxylation sites is 1. The summed E-state index contributed by atoms with van der Waals surface area (Å²) in [6, 6.07) is 10.7. The number of pyridine rings is 1. The van der Waals surface area contributed by atoms with E-state index in [1.54, 1.807) is 35.2 Å². The molecular weight excluding hydrogens is 630 g/mol. The summed E-state index contributed by atoms with van der Waals surface area (Å²) in [7, 11) is 0. The van der Waals surface area contributed by atoms with Crippen LogP contribution in [0.3, 0.4) is 0 Å². The average molecular weight is 667 g/mol. The second kappa shape index (κ2) is 12.7. The fourth-order valence-electron chi connectivity index (χ4n) is 7.02. The van der Waals surface area contributed by atoms with E-state index in [0.717, 1.165) is 51.7 Å². The molecule has 12 heteroatoms. The summed E-state index contributed by atoms with van der Waals surface area (Å²) < 4.78 is 6.01. The first-order chi connectivity index (χ1) is 21.2. The highest BCUT2D eigenvalue weighted by Gasteiger charge is 2.39. The Morgan fingerprint density at radius 2 is 1.70 bits per heavy atom. The molecule has 3 fully saturated rings. The lowest BCUT2D eigenvalue weighted by molar-refractivity contribution is -0.384. The molecule has 3 N–H and O–H groups in total. The normalized spacial score (nSPS) is 21.6. The van der Waals surface area contributed by atoms with Gasteiger partial charge in [0.1, 0.15) is 5.69 Å². The number of carbonyl (C=O) groups excluding carboxylic acids is 2. The highest BCUT2D eigenvalue weighted by molar-refractivity contribution is 9.10. The molecule has 0 radical (unpaired) electrons. The van der Waals surface area contributed by atoms with Crippen LogP contribution in [-0.2, 0) is 4.74 Å². The van der Waals surface area contributed by atoms with Crippen molar-refractivity contribution in [3.05, 3.63) is 78.5 Å². The Morgan fingerprint density at radius 3 is 2.43 bits per heavy atom. The van der Waals surface area contributed by atoms with Crippen molar-refractivity contribution in [1.82, 2.24) is 15.2 Å². The zero-order valence-corrected chi connectivity index (χ0v) is 26.0. The predicted octanol–water partition coefficient (Wildman–Crippen LogP) is 5.38. The third-order valence-corrected chi connectivity index (χ3v) is 10.0. The Balaban J connectivity index is 1.26. The monoisotopic (exact) mass is 665 g/mol. The van der Waals surface area contributed by atoms with E-state index in [0.29, 0.717) is 41.3 Å². The van der Waals surface area contributed by atoms with Crippen LogP contribution in [0.5, 0.6) is 0 Å². The number of nitro groups is 1. The van der Waals surface area contributed by atoms with Crippen LogP contribution in [0.4, 0.5) is 11.4 Å². The Bertz CT molecular complexity index is 1640. The van der Waals surface area contributed by atoms with Gasteiger partial charge < -0.3 is 25.3 Å². The third kappa shape index (κ3) is 6.23. The summed E-state index contributed by atoms with van der Waals surface area (Å²) in [4.78, 5) is 56.2. The molecule has 3 heterocycles. The smallest absolute Gasteiger partial charge is 0.294 e. The van der Waals surface area contributed by atoms with Gasteiger partial charge in [-0.1, -0.05) is 47.0 Å². The van der Waals surface area contributed by atoms with Gasteiger partial charge in [0, 0.05) is 65.9 Å². The second-order valence-electron chi connectivity index (χ2n) is 12.2. The minimum absolute atomic E-state index is 0.169. The van der Waals surface area contributed by atoms with Crippen LogP contribution in [0.1, 0.15) is 72.1 Å². The van der Waals surface area contributed by atoms with E-state index in [9.17, 15) is 24.5 Å². The van der Waals surface area contributed by atoms with E-state index in [4.69, 9.17) is 4.74 Å². The molecule has 3 aliphatic rings. The number of halogens is 1. The van der Waals surface area contributed by atoms with Crippen LogP contribution in [-0.4, -0.2) is 65.0 Å². The summed E-state index contributed by atoms with van der Waals surface area (Å²) in [5.41, 5.74) is 0.872. The van der Waals surface area contributed by atoms with Crippen molar-refractivity contribution in [2.45, 2.75) is 63.5 Å². The van der Waals surface area contributed by atoms with Crippen molar-refractivity contribution in [2.75, 3.05) is 31.6 Å². The molecule has 6 rings (SSSR count). The Labute approximate surface area is 263 Å². The number of piperidine rings is 1. The third-order valence-electron chi connectivity index (χ3n) is 9.58. The number of likely N-dealkylation sites (tertiary alicyclic amines) is 1. The molecule has 2 amide bonds. The molecule has 11 nitrogen and oxygen atoms in total. The molecule has 0 bridgehead atoms. The number of hydrogen-bond acceptors (Lipinski definition) is 7. The number of nitro benzene ring substituents is 1. The highest BCUT2D eigenvalue weighted by atomic mass is 79.9. The number of H-pyrrole nitrogens is 1. The maximum atomic E-state index is 14.0. The van der Waals surface area contributed by atoms with Crippen molar-refractivity contribution in [3.8, 4) is 0 Å². The van der Waals surface area contributed by atoms with E-state index in [2.05, 4.69) is 31.5 Å². The number of anilines is 1. The number of hydrogen-bond donors (Lipinski definition) is 3. The van der Waals surface area contributed by atoms with Crippen LogP contribution in [0.15, 0.2) is 51.7 Å². The van der Waals surface area contributed by atoms with E-state index in [-0.39, 0.29) is 57.4 Å². The number of rotatable bonds is 6. The number of carbonyl (C=O) groups is 2. The fraction of sp³-hybridized carbons (Fsp3) is 0.469. The Morgan fingerprint density at radius 1 is 1.00 bits per heavy atom. The van der Waals surface area contributed by atoms with Crippen molar-refractivity contribution < 1.29 is 19.2 Å². The SMILES string of the molecule is O=C(N[C@H]1CCCC[C@H]1Nc1c(C(=O)N2CCC3(CCOCC3)CC2)cc(Br)cc1[N+](=O)[O-])c1cc(=O)[nH]c2ccccc12. The molecule has 2 atom stereocenters. The van der Waals surface area contributed by atoms with E-state index in [1.807, 2.05) is 0 Å². The molecule has 44 heavy (non-hydrogen) atoms. The quantitative estimate of drug-likeness (QED) is 0.236. The summed E-state index contributed by atoms with van der Waals surface area (Å²) in [6.07, 6.45) is 6.78. The maximum absolute atomic E-state index is 14.0. The minimum atomic E-state index is -0.476. The van der Waals surface area contributed by atoms with Gasteiger partial charge in [-0.05, 0) is 56.1 Å². The van der Waals surface area contributed by atoms with Gasteiger partial charge in [-0.2, -0.15) is 0 Å². The lowest BCUT2D eigenvalue weighted by atomic mass is 9.72. The first-order valence-corrected chi connectivity index (χ1v) is 16.1. The Kier molecular flexibility index (Phi) is 8.73. The summed E-state index contributed by atoms with van der Waals surface area (Å²) >= 11 is 3.38. The average Bonchev–Trinajstić information content (AvgIpc) is 3.02. The number of nitrogens with one attached hydrogen (secondary N) is 3. The molecule has 1 saturated carbocycles. The van der Waals surface area contributed by atoms with Gasteiger partial charge in [-0.25, -0.2) is 0 Å².